The highest BCUT2D eigenvalue weighted by Crippen LogP contribution is 2.23. The summed E-state index contributed by atoms with van der Waals surface area (Å²) >= 11 is 0. The standard InChI is InChI=1S/C13H17FN2O4S/c1-8-12(4-5-20-8)21(18,19)7-13(17)16-11-6-9(14)2-3-10(11)15/h2-3,6,8,12H,4-5,7,15H2,1H3,(H,16,17). The zero-order chi connectivity index (χ0) is 15.6. The van der Waals surface area contributed by atoms with Gasteiger partial charge >= 0.3 is 0 Å². The van der Waals surface area contributed by atoms with E-state index in [1.54, 1.807) is 6.92 Å². The monoisotopic (exact) mass is 316 g/mol. The van der Waals surface area contributed by atoms with E-state index in [2.05, 4.69) is 5.32 Å². The summed E-state index contributed by atoms with van der Waals surface area (Å²) in [6.45, 7) is 2.03. The molecule has 1 aromatic carbocycles. The van der Waals surface area contributed by atoms with Gasteiger partial charge in [-0.3, -0.25) is 4.79 Å². The van der Waals surface area contributed by atoms with Crippen LogP contribution in [0.3, 0.4) is 0 Å². The maximum atomic E-state index is 13.1. The first-order valence-corrected chi connectivity index (χ1v) is 8.19. The summed E-state index contributed by atoms with van der Waals surface area (Å²) in [6.07, 6.45) is -0.0548. The third kappa shape index (κ3) is 3.70. The highest BCUT2D eigenvalue weighted by molar-refractivity contribution is 7.92. The van der Waals surface area contributed by atoms with Crippen molar-refractivity contribution in [1.82, 2.24) is 0 Å². The Morgan fingerprint density at radius 3 is 2.86 bits per heavy atom. The molecule has 0 aliphatic carbocycles. The van der Waals surface area contributed by atoms with Crippen molar-refractivity contribution in [3.8, 4) is 0 Å². The normalized spacial score (nSPS) is 22.2. The maximum absolute atomic E-state index is 13.1. The molecule has 21 heavy (non-hydrogen) atoms. The lowest BCUT2D eigenvalue weighted by Gasteiger charge is -2.15. The molecule has 8 heteroatoms. The average Bonchev–Trinajstić information content (AvgIpc) is 2.80. The van der Waals surface area contributed by atoms with Crippen LogP contribution in [0.2, 0.25) is 0 Å². The number of nitrogen functional groups attached to an aromatic ring is 1. The van der Waals surface area contributed by atoms with Gasteiger partial charge in [-0.25, -0.2) is 12.8 Å². The van der Waals surface area contributed by atoms with Gasteiger partial charge in [-0.1, -0.05) is 0 Å². The highest BCUT2D eigenvalue weighted by atomic mass is 32.2. The van der Waals surface area contributed by atoms with Gasteiger partial charge in [0.05, 0.1) is 22.7 Å². The largest absolute Gasteiger partial charge is 0.397 e. The lowest BCUT2D eigenvalue weighted by molar-refractivity contribution is -0.113. The molecule has 1 fully saturated rings. The van der Waals surface area contributed by atoms with Gasteiger partial charge in [0, 0.05) is 6.61 Å². The molecule has 1 heterocycles. The second-order valence-electron chi connectivity index (χ2n) is 4.99. The van der Waals surface area contributed by atoms with Crippen LogP contribution >= 0.6 is 0 Å². The predicted octanol–water partition coefficient (Wildman–Crippen LogP) is 0.939. The van der Waals surface area contributed by atoms with Gasteiger partial charge in [0.25, 0.3) is 0 Å². The summed E-state index contributed by atoms with van der Waals surface area (Å²) in [5, 5.41) is 1.63. The molecule has 116 valence electrons. The average molecular weight is 316 g/mol. The molecule has 1 saturated heterocycles. The molecule has 0 radical (unpaired) electrons. The summed E-state index contributed by atoms with van der Waals surface area (Å²) in [6, 6.07) is 3.49. The Hall–Kier alpha value is -1.67. The molecule has 1 amide bonds. The number of carbonyl (C=O) groups excluding carboxylic acids is 1. The summed E-state index contributed by atoms with van der Waals surface area (Å²) in [5.74, 6) is -1.99. The van der Waals surface area contributed by atoms with Crippen LogP contribution in [0.25, 0.3) is 0 Å². The second kappa shape index (κ2) is 5.98. The molecule has 2 unspecified atom stereocenters. The van der Waals surface area contributed by atoms with Gasteiger partial charge < -0.3 is 15.8 Å². The Bertz CT molecular complexity index is 648. The van der Waals surface area contributed by atoms with Crippen LogP contribution in [0, 0.1) is 5.82 Å². The smallest absolute Gasteiger partial charge is 0.239 e. The van der Waals surface area contributed by atoms with Crippen molar-refractivity contribution < 1.29 is 22.3 Å². The lowest BCUT2D eigenvalue weighted by Crippen LogP contribution is -2.34. The fourth-order valence-corrected chi connectivity index (χ4v) is 4.07. The number of hydrogen-bond acceptors (Lipinski definition) is 5. The highest BCUT2D eigenvalue weighted by Gasteiger charge is 2.36. The molecule has 1 aliphatic heterocycles. The summed E-state index contributed by atoms with van der Waals surface area (Å²) in [7, 11) is -3.62. The van der Waals surface area contributed by atoms with E-state index in [1.165, 1.54) is 6.07 Å². The van der Waals surface area contributed by atoms with Gasteiger partial charge in [-0.2, -0.15) is 0 Å². The Balaban J connectivity index is 2.06. The molecule has 1 aromatic rings. The van der Waals surface area contributed by atoms with Gasteiger partial charge in [-0.05, 0) is 31.5 Å². The molecule has 2 atom stereocenters. The molecule has 0 bridgehead atoms. The van der Waals surface area contributed by atoms with E-state index in [9.17, 15) is 17.6 Å². The number of hydrogen-bond donors (Lipinski definition) is 2. The zero-order valence-corrected chi connectivity index (χ0v) is 12.3. The van der Waals surface area contributed by atoms with Gasteiger partial charge in [0.1, 0.15) is 11.6 Å². The van der Waals surface area contributed by atoms with Crippen LogP contribution in [0.15, 0.2) is 18.2 Å². The van der Waals surface area contributed by atoms with E-state index in [1.807, 2.05) is 0 Å². The molecule has 2 rings (SSSR count). The van der Waals surface area contributed by atoms with E-state index < -0.39 is 38.7 Å². The molecular formula is C13H17FN2O4S. The van der Waals surface area contributed by atoms with Crippen molar-refractivity contribution in [2.75, 3.05) is 23.4 Å². The third-order valence-corrected chi connectivity index (χ3v) is 5.60. The van der Waals surface area contributed by atoms with E-state index in [-0.39, 0.29) is 11.4 Å². The number of carbonyl (C=O) groups is 1. The van der Waals surface area contributed by atoms with Gasteiger partial charge in [0.15, 0.2) is 9.84 Å². The van der Waals surface area contributed by atoms with Crippen molar-refractivity contribution in [3.05, 3.63) is 24.0 Å². The summed E-state index contributed by atoms with van der Waals surface area (Å²) in [5.41, 5.74) is 5.82. The van der Waals surface area contributed by atoms with Crippen LogP contribution in [-0.2, 0) is 19.4 Å². The third-order valence-electron chi connectivity index (χ3n) is 3.39. The van der Waals surface area contributed by atoms with Crippen molar-refractivity contribution in [1.29, 1.82) is 0 Å². The van der Waals surface area contributed by atoms with Crippen molar-refractivity contribution in [2.24, 2.45) is 0 Å². The number of ether oxygens (including phenoxy) is 1. The number of nitrogens with two attached hydrogens (primary N) is 1. The maximum Gasteiger partial charge on any atom is 0.239 e. The Kier molecular flexibility index (Phi) is 4.48. The van der Waals surface area contributed by atoms with Crippen molar-refractivity contribution in [3.63, 3.8) is 0 Å². The number of benzene rings is 1. The van der Waals surface area contributed by atoms with Crippen LogP contribution in [0.4, 0.5) is 15.8 Å². The number of anilines is 2. The fraction of sp³-hybridized carbons (Fsp3) is 0.462. The molecule has 1 aliphatic rings. The summed E-state index contributed by atoms with van der Waals surface area (Å²) < 4.78 is 42.6. The molecule has 0 aromatic heterocycles. The molecule has 0 saturated carbocycles. The first-order valence-electron chi connectivity index (χ1n) is 6.47. The topological polar surface area (TPSA) is 98.5 Å². The predicted molar refractivity (Wildman–Crippen MR) is 77.0 cm³/mol. The van der Waals surface area contributed by atoms with Crippen molar-refractivity contribution >= 4 is 27.1 Å². The number of sulfone groups is 1. The molecular weight excluding hydrogens is 299 g/mol. The minimum Gasteiger partial charge on any atom is -0.397 e. The summed E-state index contributed by atoms with van der Waals surface area (Å²) in [4.78, 5) is 11.8. The number of amides is 1. The molecule has 3 N–H and O–H groups in total. The fourth-order valence-electron chi connectivity index (χ4n) is 2.30. The quantitative estimate of drug-likeness (QED) is 0.806. The number of rotatable bonds is 4. The molecule has 6 nitrogen and oxygen atoms in total. The zero-order valence-electron chi connectivity index (χ0n) is 11.5. The minimum atomic E-state index is -3.62. The van der Waals surface area contributed by atoms with Gasteiger partial charge in [-0.15, -0.1) is 0 Å². The first-order chi connectivity index (χ1) is 9.79. The van der Waals surface area contributed by atoms with E-state index in [0.29, 0.717) is 13.0 Å². The molecule has 0 spiro atoms. The van der Waals surface area contributed by atoms with E-state index >= 15 is 0 Å². The Morgan fingerprint density at radius 2 is 2.24 bits per heavy atom. The van der Waals surface area contributed by atoms with Gasteiger partial charge in [0.2, 0.25) is 5.91 Å². The van der Waals surface area contributed by atoms with Crippen LogP contribution < -0.4 is 11.1 Å². The number of halogens is 1. The van der Waals surface area contributed by atoms with Crippen molar-refractivity contribution in [2.45, 2.75) is 24.7 Å². The first kappa shape index (κ1) is 15.7. The van der Waals surface area contributed by atoms with Crippen LogP contribution in [-0.4, -0.2) is 38.0 Å². The Morgan fingerprint density at radius 1 is 1.52 bits per heavy atom. The SMILES string of the molecule is CC1OCCC1S(=O)(=O)CC(=O)Nc1cc(F)ccc1N. The van der Waals surface area contributed by atoms with Crippen LogP contribution in [0.5, 0.6) is 0 Å². The minimum absolute atomic E-state index is 0.0610. The lowest BCUT2D eigenvalue weighted by atomic mass is 10.2. The number of nitrogens with one attached hydrogen (secondary N) is 1. The Labute approximate surface area is 122 Å². The van der Waals surface area contributed by atoms with E-state index in [0.717, 1.165) is 12.1 Å². The van der Waals surface area contributed by atoms with E-state index in [4.69, 9.17) is 10.5 Å². The second-order valence-corrected chi connectivity index (χ2v) is 7.21. The van der Waals surface area contributed by atoms with Crippen LogP contribution in [0.1, 0.15) is 13.3 Å².